The standard InChI is InChI=1S/C14H23N3O2/c1-11-15-14(16-19-11)10-17(12-5-2-3-6-12)9-13-7-4-8-18-13/h12-13H,2-10H2,1H3. The molecular formula is C14H23N3O2. The highest BCUT2D eigenvalue weighted by molar-refractivity contribution is 4.88. The highest BCUT2D eigenvalue weighted by Gasteiger charge is 2.27. The number of hydrogen-bond donors (Lipinski definition) is 0. The van der Waals surface area contributed by atoms with Crippen molar-refractivity contribution in [3.63, 3.8) is 0 Å². The molecular weight excluding hydrogens is 242 g/mol. The van der Waals surface area contributed by atoms with E-state index in [9.17, 15) is 0 Å². The van der Waals surface area contributed by atoms with Crippen molar-refractivity contribution in [1.82, 2.24) is 15.0 Å². The van der Waals surface area contributed by atoms with Crippen molar-refractivity contribution < 1.29 is 9.26 Å². The monoisotopic (exact) mass is 265 g/mol. The Hall–Kier alpha value is -0.940. The van der Waals surface area contributed by atoms with E-state index in [4.69, 9.17) is 9.26 Å². The van der Waals surface area contributed by atoms with E-state index in [1.54, 1.807) is 0 Å². The van der Waals surface area contributed by atoms with Crippen LogP contribution in [-0.4, -0.2) is 40.3 Å². The number of ether oxygens (including phenoxy) is 1. The molecule has 0 radical (unpaired) electrons. The number of hydrogen-bond acceptors (Lipinski definition) is 5. The van der Waals surface area contributed by atoms with Gasteiger partial charge in [0.15, 0.2) is 5.82 Å². The van der Waals surface area contributed by atoms with Gasteiger partial charge in [-0.25, -0.2) is 0 Å². The lowest BCUT2D eigenvalue weighted by Crippen LogP contribution is -2.38. The summed E-state index contributed by atoms with van der Waals surface area (Å²) >= 11 is 0. The number of rotatable bonds is 5. The Balaban J connectivity index is 1.64. The first-order valence-electron chi connectivity index (χ1n) is 7.46. The fourth-order valence-corrected chi connectivity index (χ4v) is 3.25. The smallest absolute Gasteiger partial charge is 0.223 e. The number of aromatic nitrogens is 2. The summed E-state index contributed by atoms with van der Waals surface area (Å²) in [4.78, 5) is 6.84. The van der Waals surface area contributed by atoms with Crippen LogP contribution in [0.4, 0.5) is 0 Å². The summed E-state index contributed by atoms with van der Waals surface area (Å²) < 4.78 is 10.9. The molecule has 1 unspecified atom stereocenters. The van der Waals surface area contributed by atoms with E-state index in [-0.39, 0.29) is 0 Å². The Morgan fingerprint density at radius 3 is 2.68 bits per heavy atom. The van der Waals surface area contributed by atoms with Crippen LogP contribution in [0.15, 0.2) is 4.52 Å². The van der Waals surface area contributed by atoms with Gasteiger partial charge >= 0.3 is 0 Å². The minimum absolute atomic E-state index is 0.397. The third-order valence-corrected chi connectivity index (χ3v) is 4.22. The van der Waals surface area contributed by atoms with Crippen LogP contribution in [0.1, 0.15) is 50.2 Å². The maximum Gasteiger partial charge on any atom is 0.223 e. The summed E-state index contributed by atoms with van der Waals surface area (Å²) in [6.07, 6.45) is 8.07. The van der Waals surface area contributed by atoms with Crippen LogP contribution in [0.2, 0.25) is 0 Å². The van der Waals surface area contributed by atoms with Gasteiger partial charge in [0, 0.05) is 26.1 Å². The molecule has 0 amide bonds. The fourth-order valence-electron chi connectivity index (χ4n) is 3.25. The molecule has 19 heavy (non-hydrogen) atoms. The van der Waals surface area contributed by atoms with Gasteiger partial charge in [-0.15, -0.1) is 0 Å². The molecule has 0 aromatic carbocycles. The van der Waals surface area contributed by atoms with Crippen molar-refractivity contribution in [3.8, 4) is 0 Å². The molecule has 5 heteroatoms. The topological polar surface area (TPSA) is 51.4 Å². The molecule has 1 aromatic heterocycles. The SMILES string of the molecule is Cc1nc(CN(CC2CCCO2)C2CCCC2)no1. The van der Waals surface area contributed by atoms with Crippen LogP contribution in [-0.2, 0) is 11.3 Å². The Labute approximate surface area is 114 Å². The van der Waals surface area contributed by atoms with Gasteiger partial charge in [-0.2, -0.15) is 4.98 Å². The molecule has 2 fully saturated rings. The van der Waals surface area contributed by atoms with Crippen LogP contribution in [0.5, 0.6) is 0 Å². The van der Waals surface area contributed by atoms with Gasteiger partial charge < -0.3 is 9.26 Å². The van der Waals surface area contributed by atoms with Crippen molar-refractivity contribution >= 4 is 0 Å². The molecule has 0 N–H and O–H groups in total. The molecule has 1 aliphatic heterocycles. The predicted molar refractivity (Wildman–Crippen MR) is 70.7 cm³/mol. The third kappa shape index (κ3) is 3.34. The molecule has 1 saturated heterocycles. The van der Waals surface area contributed by atoms with Gasteiger partial charge in [0.05, 0.1) is 12.6 Å². The highest BCUT2D eigenvalue weighted by atomic mass is 16.5. The van der Waals surface area contributed by atoms with Crippen LogP contribution < -0.4 is 0 Å². The van der Waals surface area contributed by atoms with E-state index in [1.807, 2.05) is 6.92 Å². The van der Waals surface area contributed by atoms with E-state index >= 15 is 0 Å². The zero-order valence-corrected chi connectivity index (χ0v) is 11.7. The quantitative estimate of drug-likeness (QED) is 0.817. The summed E-state index contributed by atoms with van der Waals surface area (Å²) in [6, 6.07) is 0.669. The first-order chi connectivity index (χ1) is 9.31. The van der Waals surface area contributed by atoms with Gasteiger partial charge in [0.1, 0.15) is 0 Å². The Bertz CT molecular complexity index is 395. The van der Waals surface area contributed by atoms with Crippen molar-refractivity contribution in [2.24, 2.45) is 0 Å². The van der Waals surface area contributed by atoms with Crippen molar-refractivity contribution in [2.45, 2.75) is 64.1 Å². The lowest BCUT2D eigenvalue weighted by molar-refractivity contribution is 0.0527. The summed E-state index contributed by atoms with van der Waals surface area (Å²) in [5.74, 6) is 1.46. The molecule has 106 valence electrons. The van der Waals surface area contributed by atoms with Crippen molar-refractivity contribution in [1.29, 1.82) is 0 Å². The Morgan fingerprint density at radius 2 is 2.05 bits per heavy atom. The van der Waals surface area contributed by atoms with Crippen LogP contribution in [0.25, 0.3) is 0 Å². The van der Waals surface area contributed by atoms with Crippen molar-refractivity contribution in [3.05, 3.63) is 11.7 Å². The van der Waals surface area contributed by atoms with E-state index in [2.05, 4.69) is 15.0 Å². The largest absolute Gasteiger partial charge is 0.377 e. The van der Waals surface area contributed by atoms with E-state index in [0.29, 0.717) is 18.0 Å². The molecule has 1 aromatic rings. The average Bonchev–Trinajstić information content (AvgIpc) is 3.10. The van der Waals surface area contributed by atoms with Gasteiger partial charge in [-0.1, -0.05) is 18.0 Å². The van der Waals surface area contributed by atoms with E-state index < -0.39 is 0 Å². The summed E-state index contributed by atoms with van der Waals surface area (Å²) in [5.41, 5.74) is 0. The molecule has 2 heterocycles. The van der Waals surface area contributed by atoms with Crippen LogP contribution in [0, 0.1) is 6.92 Å². The van der Waals surface area contributed by atoms with Gasteiger partial charge in [-0.05, 0) is 25.7 Å². The summed E-state index contributed by atoms with van der Waals surface area (Å²) in [7, 11) is 0. The number of aryl methyl sites for hydroxylation is 1. The summed E-state index contributed by atoms with van der Waals surface area (Å²) in [5, 5.41) is 4.03. The first kappa shape index (κ1) is 13.1. The first-order valence-corrected chi connectivity index (χ1v) is 7.46. The Kier molecular flexibility index (Phi) is 4.13. The highest BCUT2D eigenvalue weighted by Crippen LogP contribution is 2.26. The molecule has 2 aliphatic rings. The van der Waals surface area contributed by atoms with Crippen molar-refractivity contribution in [2.75, 3.05) is 13.2 Å². The molecule has 1 aliphatic carbocycles. The third-order valence-electron chi connectivity index (χ3n) is 4.22. The minimum Gasteiger partial charge on any atom is -0.377 e. The van der Waals surface area contributed by atoms with Gasteiger partial charge in [-0.3, -0.25) is 4.90 Å². The second kappa shape index (κ2) is 6.01. The van der Waals surface area contributed by atoms with Gasteiger partial charge in [0.2, 0.25) is 5.89 Å². The second-order valence-corrected chi connectivity index (χ2v) is 5.73. The second-order valence-electron chi connectivity index (χ2n) is 5.73. The maximum atomic E-state index is 5.78. The average molecular weight is 265 g/mol. The van der Waals surface area contributed by atoms with E-state index in [1.165, 1.54) is 38.5 Å². The summed E-state index contributed by atoms with van der Waals surface area (Å²) in [6.45, 7) is 4.57. The predicted octanol–water partition coefficient (Wildman–Crippen LogP) is 2.30. The maximum absolute atomic E-state index is 5.78. The molecule has 5 nitrogen and oxygen atoms in total. The zero-order chi connectivity index (χ0) is 13.1. The van der Waals surface area contributed by atoms with Gasteiger partial charge in [0.25, 0.3) is 0 Å². The molecule has 0 spiro atoms. The van der Waals surface area contributed by atoms with E-state index in [0.717, 1.165) is 25.5 Å². The lowest BCUT2D eigenvalue weighted by Gasteiger charge is -2.29. The lowest BCUT2D eigenvalue weighted by atomic mass is 10.1. The molecule has 0 bridgehead atoms. The zero-order valence-electron chi connectivity index (χ0n) is 11.7. The van der Waals surface area contributed by atoms with Crippen LogP contribution >= 0.6 is 0 Å². The minimum atomic E-state index is 0.397. The molecule has 1 saturated carbocycles. The molecule has 3 rings (SSSR count). The molecule has 1 atom stereocenters. The number of nitrogens with zero attached hydrogens (tertiary/aromatic N) is 3. The Morgan fingerprint density at radius 1 is 1.21 bits per heavy atom. The van der Waals surface area contributed by atoms with Crippen LogP contribution in [0.3, 0.4) is 0 Å². The fraction of sp³-hybridized carbons (Fsp3) is 0.857. The normalized spacial score (nSPS) is 24.6.